The summed E-state index contributed by atoms with van der Waals surface area (Å²) in [5.74, 6) is 0.230. The van der Waals surface area contributed by atoms with Gasteiger partial charge in [-0.2, -0.15) is 0 Å². The minimum absolute atomic E-state index is 0.230. The Morgan fingerprint density at radius 1 is 1.55 bits per heavy atom. The van der Waals surface area contributed by atoms with Gasteiger partial charge in [-0.15, -0.1) is 0 Å². The highest BCUT2D eigenvalue weighted by molar-refractivity contribution is 7.56. The molecular weight excluding hydrogens is 165 g/mol. The van der Waals surface area contributed by atoms with Gasteiger partial charge in [-0.05, 0) is 12.3 Å². The lowest BCUT2D eigenvalue weighted by Gasteiger charge is -2.20. The average molecular weight is 179 g/mol. The molecule has 1 saturated carbocycles. The third-order valence-electron chi connectivity index (χ3n) is 2.32. The van der Waals surface area contributed by atoms with Gasteiger partial charge in [0.15, 0.2) is 0 Å². The van der Waals surface area contributed by atoms with Gasteiger partial charge in [-0.25, -0.2) is 0 Å². The molecule has 0 unspecified atom stereocenters. The largest absolute Gasteiger partial charge is 0.350 e. The van der Waals surface area contributed by atoms with Crippen LogP contribution in [0.4, 0.5) is 0 Å². The first-order chi connectivity index (χ1) is 5.00. The Bertz CT molecular complexity index is 200. The van der Waals surface area contributed by atoms with Gasteiger partial charge in [-0.3, -0.25) is 4.57 Å². The maximum absolute atomic E-state index is 11.7. The maximum atomic E-state index is 11.7. The van der Waals surface area contributed by atoms with E-state index in [0.717, 1.165) is 0 Å². The lowest BCUT2D eigenvalue weighted by Crippen LogP contribution is -2.25. The van der Waals surface area contributed by atoms with E-state index < -0.39 is 12.9 Å². The van der Waals surface area contributed by atoms with Crippen molar-refractivity contribution in [3.05, 3.63) is 0 Å². The average Bonchev–Trinajstić information content (AvgIpc) is 2.60. The van der Waals surface area contributed by atoms with Crippen LogP contribution in [-0.4, -0.2) is 19.5 Å². The van der Waals surface area contributed by atoms with Gasteiger partial charge >= 0.3 is 7.60 Å². The SMILES string of the molecule is COP(=O)(OC)[C@]1(N)C[C@@H]1C. The Hall–Kier alpha value is 0.110. The molecule has 1 aliphatic carbocycles. The normalized spacial score (nSPS) is 37.3. The molecule has 0 aliphatic heterocycles. The number of rotatable bonds is 3. The van der Waals surface area contributed by atoms with Crippen molar-refractivity contribution in [3.8, 4) is 0 Å². The molecule has 0 amide bonds. The zero-order valence-corrected chi connectivity index (χ0v) is 7.93. The standard InChI is InChI=1S/C6H14NO3P/c1-5-4-6(5,7)11(8,9-2)10-3/h5H,4,7H2,1-3H3/t5-,6+/m0/s1. The predicted molar refractivity (Wildman–Crippen MR) is 42.3 cm³/mol. The molecule has 0 saturated heterocycles. The lowest BCUT2D eigenvalue weighted by atomic mass is 10.5. The van der Waals surface area contributed by atoms with E-state index in [4.69, 9.17) is 14.8 Å². The van der Waals surface area contributed by atoms with Crippen LogP contribution in [0.1, 0.15) is 13.3 Å². The molecule has 5 heteroatoms. The summed E-state index contributed by atoms with van der Waals surface area (Å²) < 4.78 is 21.3. The summed E-state index contributed by atoms with van der Waals surface area (Å²) in [7, 11) is -0.302. The van der Waals surface area contributed by atoms with Crippen molar-refractivity contribution in [2.24, 2.45) is 11.7 Å². The van der Waals surface area contributed by atoms with Gasteiger partial charge in [0.1, 0.15) is 5.28 Å². The Labute approximate surface area is 66.6 Å². The van der Waals surface area contributed by atoms with Gasteiger partial charge in [0.2, 0.25) is 0 Å². The smallest absolute Gasteiger partial charge is 0.315 e. The molecule has 1 rings (SSSR count). The summed E-state index contributed by atoms with van der Waals surface area (Å²) in [5, 5.41) is -0.726. The van der Waals surface area contributed by atoms with Crippen LogP contribution >= 0.6 is 7.60 Å². The molecule has 2 atom stereocenters. The Balaban J connectivity index is 2.80. The van der Waals surface area contributed by atoms with Gasteiger partial charge in [0, 0.05) is 14.2 Å². The molecule has 0 aromatic carbocycles. The van der Waals surface area contributed by atoms with E-state index in [1.165, 1.54) is 14.2 Å². The zero-order valence-electron chi connectivity index (χ0n) is 7.03. The monoisotopic (exact) mass is 179 g/mol. The van der Waals surface area contributed by atoms with E-state index in [0.29, 0.717) is 6.42 Å². The molecule has 0 aromatic rings. The first kappa shape index (κ1) is 9.20. The van der Waals surface area contributed by atoms with Crippen LogP contribution < -0.4 is 5.73 Å². The molecule has 1 aliphatic rings. The Morgan fingerprint density at radius 3 is 2.00 bits per heavy atom. The topological polar surface area (TPSA) is 61.5 Å². The van der Waals surface area contributed by atoms with Crippen molar-refractivity contribution in [1.82, 2.24) is 0 Å². The lowest BCUT2D eigenvalue weighted by molar-refractivity contribution is 0.261. The molecule has 2 N–H and O–H groups in total. The predicted octanol–water partition coefficient (Wildman–Crippen LogP) is 1.17. The first-order valence-corrected chi connectivity index (χ1v) is 5.05. The van der Waals surface area contributed by atoms with E-state index in [1.54, 1.807) is 0 Å². The summed E-state index contributed by atoms with van der Waals surface area (Å²) in [6.07, 6.45) is 0.714. The Morgan fingerprint density at radius 2 is 1.91 bits per heavy atom. The van der Waals surface area contributed by atoms with Crippen LogP contribution in [0, 0.1) is 5.92 Å². The van der Waals surface area contributed by atoms with Crippen molar-refractivity contribution >= 4 is 7.60 Å². The fourth-order valence-electron chi connectivity index (χ4n) is 1.23. The molecule has 66 valence electrons. The van der Waals surface area contributed by atoms with Gasteiger partial charge in [-0.1, -0.05) is 6.92 Å². The van der Waals surface area contributed by atoms with E-state index in [9.17, 15) is 4.57 Å². The summed E-state index contributed by atoms with van der Waals surface area (Å²) in [5.41, 5.74) is 5.78. The minimum atomic E-state index is -3.03. The minimum Gasteiger partial charge on any atom is -0.315 e. The van der Waals surface area contributed by atoms with Crippen LogP contribution in [0.2, 0.25) is 0 Å². The summed E-state index contributed by atoms with van der Waals surface area (Å²) in [6, 6.07) is 0. The number of hydrogen-bond donors (Lipinski definition) is 1. The molecule has 0 radical (unpaired) electrons. The van der Waals surface area contributed by atoms with Crippen LogP contribution in [0.15, 0.2) is 0 Å². The summed E-state index contributed by atoms with van der Waals surface area (Å²) >= 11 is 0. The van der Waals surface area contributed by atoms with E-state index in [1.807, 2.05) is 6.92 Å². The third kappa shape index (κ3) is 1.14. The van der Waals surface area contributed by atoms with Crippen molar-refractivity contribution < 1.29 is 13.6 Å². The second-order valence-corrected chi connectivity index (χ2v) is 5.52. The van der Waals surface area contributed by atoms with Crippen molar-refractivity contribution in [2.45, 2.75) is 18.6 Å². The molecular formula is C6H14NO3P. The molecule has 11 heavy (non-hydrogen) atoms. The Kier molecular flexibility index (Phi) is 2.14. The number of hydrogen-bond acceptors (Lipinski definition) is 4. The fourth-order valence-corrected chi connectivity index (χ4v) is 3.09. The second-order valence-electron chi connectivity index (χ2n) is 2.96. The summed E-state index contributed by atoms with van der Waals surface area (Å²) in [6.45, 7) is 1.94. The van der Waals surface area contributed by atoms with Crippen LogP contribution in [0.3, 0.4) is 0 Å². The van der Waals surface area contributed by atoms with Crippen LogP contribution in [0.5, 0.6) is 0 Å². The van der Waals surface area contributed by atoms with Crippen molar-refractivity contribution in [1.29, 1.82) is 0 Å². The molecule has 1 fully saturated rings. The molecule has 4 nitrogen and oxygen atoms in total. The van der Waals surface area contributed by atoms with E-state index in [2.05, 4.69) is 0 Å². The fraction of sp³-hybridized carbons (Fsp3) is 1.00. The van der Waals surface area contributed by atoms with E-state index in [-0.39, 0.29) is 5.92 Å². The first-order valence-electron chi connectivity index (χ1n) is 3.50. The van der Waals surface area contributed by atoms with Crippen molar-refractivity contribution in [3.63, 3.8) is 0 Å². The summed E-state index contributed by atoms with van der Waals surface area (Å²) in [4.78, 5) is 0. The highest BCUT2D eigenvalue weighted by atomic mass is 31.2. The van der Waals surface area contributed by atoms with Crippen molar-refractivity contribution in [2.75, 3.05) is 14.2 Å². The van der Waals surface area contributed by atoms with Crippen LogP contribution in [0.25, 0.3) is 0 Å². The number of nitrogens with two attached hydrogens (primary N) is 1. The highest BCUT2D eigenvalue weighted by Gasteiger charge is 2.62. The highest BCUT2D eigenvalue weighted by Crippen LogP contribution is 2.70. The van der Waals surface area contributed by atoms with Gasteiger partial charge in [0.25, 0.3) is 0 Å². The molecule has 0 heterocycles. The zero-order chi connectivity index (χ0) is 8.70. The van der Waals surface area contributed by atoms with Crippen LogP contribution in [-0.2, 0) is 13.6 Å². The quantitative estimate of drug-likeness (QED) is 0.660. The second kappa shape index (κ2) is 2.56. The van der Waals surface area contributed by atoms with Gasteiger partial charge in [0.05, 0.1) is 0 Å². The molecule has 0 bridgehead atoms. The maximum Gasteiger partial charge on any atom is 0.350 e. The van der Waals surface area contributed by atoms with Gasteiger partial charge < -0.3 is 14.8 Å². The molecule has 0 spiro atoms. The third-order valence-corrected chi connectivity index (χ3v) is 4.92. The van der Waals surface area contributed by atoms with E-state index >= 15 is 0 Å². The molecule has 0 aromatic heterocycles.